The van der Waals surface area contributed by atoms with E-state index in [1.165, 1.54) is 4.31 Å². The Kier molecular flexibility index (Phi) is 6.75. The van der Waals surface area contributed by atoms with E-state index in [0.29, 0.717) is 12.1 Å². The molecule has 0 radical (unpaired) electrons. The van der Waals surface area contributed by atoms with Gasteiger partial charge in [-0.1, -0.05) is 36.4 Å². The number of carbonyl (C=O) groups excluding carboxylic acids is 1. The van der Waals surface area contributed by atoms with E-state index in [2.05, 4.69) is 21.2 Å². The van der Waals surface area contributed by atoms with Crippen molar-refractivity contribution < 1.29 is 13.2 Å². The van der Waals surface area contributed by atoms with Gasteiger partial charge in [0, 0.05) is 11.0 Å². The Labute approximate surface area is 157 Å². The zero-order chi connectivity index (χ0) is 18.4. The van der Waals surface area contributed by atoms with Crippen LogP contribution in [0.3, 0.4) is 0 Å². The van der Waals surface area contributed by atoms with Crippen LogP contribution in [0.4, 0.5) is 5.69 Å². The van der Waals surface area contributed by atoms with Crippen molar-refractivity contribution in [2.75, 3.05) is 24.7 Å². The van der Waals surface area contributed by atoms with Crippen molar-refractivity contribution in [3.8, 4) is 0 Å². The molecule has 0 heterocycles. The molecule has 0 spiro atoms. The topological polar surface area (TPSA) is 66.5 Å². The second kappa shape index (κ2) is 8.60. The fourth-order valence-electron chi connectivity index (χ4n) is 2.33. The molecule has 0 bridgehead atoms. The number of carbonyl (C=O) groups is 1. The van der Waals surface area contributed by atoms with Crippen molar-refractivity contribution in [3.63, 3.8) is 0 Å². The number of sulfonamides is 1. The van der Waals surface area contributed by atoms with Gasteiger partial charge in [-0.3, -0.25) is 4.79 Å². The molecule has 0 unspecified atom stereocenters. The van der Waals surface area contributed by atoms with Crippen LogP contribution < -0.4 is 5.32 Å². The highest BCUT2D eigenvalue weighted by atomic mass is 79.9. The molecular weight excluding hydrogens is 404 g/mol. The van der Waals surface area contributed by atoms with Gasteiger partial charge >= 0.3 is 0 Å². The lowest BCUT2D eigenvalue weighted by atomic mass is 10.1. The molecule has 5 nitrogen and oxygen atoms in total. The number of amides is 1. The summed E-state index contributed by atoms with van der Waals surface area (Å²) in [6, 6.07) is 15.1. The third-order valence-electron chi connectivity index (χ3n) is 3.68. The van der Waals surface area contributed by atoms with Crippen molar-refractivity contribution in [2.24, 2.45) is 0 Å². The van der Waals surface area contributed by atoms with E-state index < -0.39 is 10.0 Å². The minimum absolute atomic E-state index is 0.216. The quantitative estimate of drug-likeness (QED) is 0.741. The third-order valence-corrected chi connectivity index (χ3v) is 5.59. The first-order valence-corrected chi connectivity index (χ1v) is 10.4. The summed E-state index contributed by atoms with van der Waals surface area (Å²) in [4.78, 5) is 12.3. The average Bonchev–Trinajstić information content (AvgIpc) is 2.54. The second-order valence-electron chi connectivity index (χ2n) is 5.86. The minimum Gasteiger partial charge on any atom is -0.324 e. The molecule has 0 atom stereocenters. The summed E-state index contributed by atoms with van der Waals surface area (Å²) in [5.74, 6) is -0.372. The lowest BCUT2D eigenvalue weighted by molar-refractivity contribution is -0.116. The molecule has 7 heteroatoms. The van der Waals surface area contributed by atoms with Crippen LogP contribution in [-0.4, -0.2) is 38.0 Å². The van der Waals surface area contributed by atoms with Gasteiger partial charge in [-0.15, -0.1) is 0 Å². The molecule has 0 fully saturated rings. The molecule has 1 N–H and O–H groups in total. The molecule has 0 saturated heterocycles. The summed E-state index contributed by atoms with van der Waals surface area (Å²) >= 11 is 3.40. The lowest BCUT2D eigenvalue weighted by Crippen LogP contribution is -2.38. The predicted octanol–water partition coefficient (Wildman–Crippen LogP) is 3.20. The molecule has 134 valence electrons. The molecule has 0 aliphatic carbocycles. The van der Waals surface area contributed by atoms with E-state index in [-0.39, 0.29) is 19.0 Å². The smallest absolute Gasteiger partial charge is 0.239 e. The standard InChI is InChI=1S/C18H21BrN2O3S/c1-14-8-9-17(16(19)12-14)20-18(22)13-21(25(2,23)24)11-10-15-6-4-3-5-7-15/h3-9,12H,10-11,13H2,1-2H3,(H,20,22). The van der Waals surface area contributed by atoms with Crippen molar-refractivity contribution in [2.45, 2.75) is 13.3 Å². The highest BCUT2D eigenvalue weighted by Gasteiger charge is 2.20. The number of nitrogens with one attached hydrogen (secondary N) is 1. The van der Waals surface area contributed by atoms with Crippen molar-refractivity contribution in [1.29, 1.82) is 0 Å². The van der Waals surface area contributed by atoms with Crippen LogP contribution in [0.2, 0.25) is 0 Å². The molecular formula is C18H21BrN2O3S. The van der Waals surface area contributed by atoms with Gasteiger partial charge in [0.1, 0.15) is 0 Å². The van der Waals surface area contributed by atoms with Crippen LogP contribution >= 0.6 is 15.9 Å². The minimum atomic E-state index is -3.48. The van der Waals surface area contributed by atoms with Crippen LogP contribution in [0.1, 0.15) is 11.1 Å². The Bertz CT molecular complexity index is 839. The molecule has 0 aromatic heterocycles. The first kappa shape index (κ1) is 19.6. The Morgan fingerprint density at radius 1 is 1.16 bits per heavy atom. The van der Waals surface area contributed by atoms with Gasteiger partial charge in [0.2, 0.25) is 15.9 Å². The zero-order valence-electron chi connectivity index (χ0n) is 14.2. The van der Waals surface area contributed by atoms with Gasteiger partial charge in [-0.25, -0.2) is 8.42 Å². The number of rotatable bonds is 7. The van der Waals surface area contributed by atoms with Crippen molar-refractivity contribution in [3.05, 3.63) is 64.1 Å². The maximum Gasteiger partial charge on any atom is 0.239 e. The lowest BCUT2D eigenvalue weighted by Gasteiger charge is -2.19. The highest BCUT2D eigenvalue weighted by Crippen LogP contribution is 2.23. The molecule has 0 aliphatic heterocycles. The molecule has 0 aliphatic rings. The number of hydrogen-bond donors (Lipinski definition) is 1. The Morgan fingerprint density at radius 3 is 2.44 bits per heavy atom. The largest absolute Gasteiger partial charge is 0.324 e. The monoisotopic (exact) mass is 424 g/mol. The van der Waals surface area contributed by atoms with E-state index in [4.69, 9.17) is 0 Å². The predicted molar refractivity (Wildman–Crippen MR) is 104 cm³/mol. The van der Waals surface area contributed by atoms with Gasteiger partial charge in [-0.05, 0) is 52.5 Å². The summed E-state index contributed by atoms with van der Waals surface area (Å²) < 4.78 is 25.9. The third kappa shape index (κ3) is 6.26. The van der Waals surface area contributed by atoms with E-state index >= 15 is 0 Å². The van der Waals surface area contributed by atoms with Crippen molar-refractivity contribution >= 4 is 37.5 Å². The second-order valence-corrected chi connectivity index (χ2v) is 8.70. The fourth-order valence-corrected chi connectivity index (χ4v) is 3.70. The molecule has 1 amide bonds. The zero-order valence-corrected chi connectivity index (χ0v) is 16.6. The number of hydrogen-bond acceptors (Lipinski definition) is 3. The van der Waals surface area contributed by atoms with Crippen molar-refractivity contribution in [1.82, 2.24) is 4.31 Å². The Hall–Kier alpha value is -1.70. The highest BCUT2D eigenvalue weighted by molar-refractivity contribution is 9.10. The summed E-state index contributed by atoms with van der Waals surface area (Å²) in [7, 11) is -3.48. The maximum atomic E-state index is 12.3. The van der Waals surface area contributed by atoms with Gasteiger partial charge < -0.3 is 5.32 Å². The fraction of sp³-hybridized carbons (Fsp3) is 0.278. The molecule has 2 aromatic carbocycles. The van der Waals surface area contributed by atoms with E-state index in [9.17, 15) is 13.2 Å². The van der Waals surface area contributed by atoms with Gasteiger partial charge in [0.25, 0.3) is 0 Å². The maximum absolute atomic E-state index is 12.3. The average molecular weight is 425 g/mol. The molecule has 2 aromatic rings. The van der Waals surface area contributed by atoms with Crippen LogP contribution in [-0.2, 0) is 21.2 Å². The number of anilines is 1. The number of benzene rings is 2. The normalized spacial score (nSPS) is 11.5. The van der Waals surface area contributed by atoms with Crippen LogP contribution in [0.25, 0.3) is 0 Å². The summed E-state index contributed by atoms with van der Waals surface area (Å²) in [5.41, 5.74) is 2.70. The number of aryl methyl sites for hydroxylation is 1. The van der Waals surface area contributed by atoms with E-state index in [1.54, 1.807) is 6.07 Å². The van der Waals surface area contributed by atoms with Crippen LogP contribution in [0.5, 0.6) is 0 Å². The van der Waals surface area contributed by atoms with E-state index in [0.717, 1.165) is 21.9 Å². The van der Waals surface area contributed by atoms with Gasteiger partial charge in [-0.2, -0.15) is 4.31 Å². The number of halogens is 1. The molecule has 0 saturated carbocycles. The van der Waals surface area contributed by atoms with E-state index in [1.807, 2.05) is 49.4 Å². The van der Waals surface area contributed by atoms with Crippen LogP contribution in [0, 0.1) is 6.92 Å². The first-order chi connectivity index (χ1) is 11.8. The van der Waals surface area contributed by atoms with Gasteiger partial charge in [0.15, 0.2) is 0 Å². The summed E-state index contributed by atoms with van der Waals surface area (Å²) in [6.07, 6.45) is 1.67. The number of nitrogens with zero attached hydrogens (tertiary/aromatic N) is 1. The molecule has 25 heavy (non-hydrogen) atoms. The SMILES string of the molecule is Cc1ccc(NC(=O)CN(CCc2ccccc2)S(C)(=O)=O)c(Br)c1. The Morgan fingerprint density at radius 2 is 1.84 bits per heavy atom. The summed E-state index contributed by atoms with van der Waals surface area (Å²) in [5, 5.41) is 2.75. The first-order valence-electron chi connectivity index (χ1n) is 7.81. The summed E-state index contributed by atoms with van der Waals surface area (Å²) in [6.45, 7) is 1.99. The molecule has 2 rings (SSSR count). The Balaban J connectivity index is 2.02. The van der Waals surface area contributed by atoms with Gasteiger partial charge in [0.05, 0.1) is 18.5 Å². The van der Waals surface area contributed by atoms with Crippen LogP contribution in [0.15, 0.2) is 53.0 Å².